The number of carboxylic acid groups (broad SMARTS) is 1. The number of halogens is 1. The largest absolute Gasteiger partial charge is 0.479 e. The SMILES string of the molecule is C=C(C)C(=O)c1ccc(OC(C)C(=O)O)cc1Br. The number of benzene rings is 1. The first kappa shape index (κ1) is 14.4. The van der Waals surface area contributed by atoms with Crippen LogP contribution in [0.15, 0.2) is 34.8 Å². The molecular formula is C13H13BrO4. The molecule has 0 amide bonds. The van der Waals surface area contributed by atoms with Crippen LogP contribution >= 0.6 is 15.9 Å². The van der Waals surface area contributed by atoms with Crippen molar-refractivity contribution in [3.8, 4) is 5.75 Å². The molecule has 0 spiro atoms. The maximum atomic E-state index is 11.7. The molecule has 1 rings (SSSR count). The second-order valence-corrected chi connectivity index (χ2v) is 4.70. The second kappa shape index (κ2) is 5.82. The zero-order valence-electron chi connectivity index (χ0n) is 10.1. The Morgan fingerprint density at radius 2 is 2.06 bits per heavy atom. The van der Waals surface area contributed by atoms with Crippen molar-refractivity contribution in [2.75, 3.05) is 0 Å². The van der Waals surface area contributed by atoms with E-state index in [1.807, 2.05) is 0 Å². The molecule has 1 aromatic carbocycles. The van der Waals surface area contributed by atoms with Crippen molar-refractivity contribution in [1.82, 2.24) is 0 Å². The van der Waals surface area contributed by atoms with Gasteiger partial charge in [-0.05, 0) is 53.5 Å². The molecule has 18 heavy (non-hydrogen) atoms. The van der Waals surface area contributed by atoms with Crippen molar-refractivity contribution < 1.29 is 19.4 Å². The zero-order chi connectivity index (χ0) is 13.9. The Hall–Kier alpha value is -1.62. The van der Waals surface area contributed by atoms with Crippen LogP contribution in [0.2, 0.25) is 0 Å². The monoisotopic (exact) mass is 312 g/mol. The van der Waals surface area contributed by atoms with Gasteiger partial charge in [-0.1, -0.05) is 6.58 Å². The number of hydrogen-bond donors (Lipinski definition) is 1. The van der Waals surface area contributed by atoms with Crippen LogP contribution in [0, 0.1) is 0 Å². The van der Waals surface area contributed by atoms with Gasteiger partial charge in [-0.2, -0.15) is 0 Å². The summed E-state index contributed by atoms with van der Waals surface area (Å²) in [6.45, 7) is 6.65. The minimum atomic E-state index is -1.05. The van der Waals surface area contributed by atoms with Crippen LogP contribution in [-0.2, 0) is 4.79 Å². The van der Waals surface area contributed by atoms with Crippen LogP contribution in [0.1, 0.15) is 24.2 Å². The van der Waals surface area contributed by atoms with E-state index in [4.69, 9.17) is 9.84 Å². The minimum absolute atomic E-state index is 0.167. The van der Waals surface area contributed by atoms with Gasteiger partial charge in [0.25, 0.3) is 0 Å². The van der Waals surface area contributed by atoms with E-state index in [0.29, 0.717) is 21.4 Å². The number of aliphatic carboxylic acids is 1. The Bertz CT molecular complexity index is 508. The van der Waals surface area contributed by atoms with E-state index in [1.54, 1.807) is 25.1 Å². The summed E-state index contributed by atoms with van der Waals surface area (Å²) in [5.74, 6) is -0.831. The van der Waals surface area contributed by atoms with Gasteiger partial charge in [-0.3, -0.25) is 4.79 Å². The fourth-order valence-corrected chi connectivity index (χ4v) is 1.78. The summed E-state index contributed by atoms with van der Waals surface area (Å²) >= 11 is 3.25. The lowest BCUT2D eigenvalue weighted by Crippen LogP contribution is -2.22. The van der Waals surface area contributed by atoms with Crippen molar-refractivity contribution in [3.63, 3.8) is 0 Å². The molecule has 0 saturated carbocycles. The van der Waals surface area contributed by atoms with Crippen LogP contribution in [0.5, 0.6) is 5.75 Å². The first-order valence-corrected chi connectivity index (χ1v) is 6.01. The van der Waals surface area contributed by atoms with Gasteiger partial charge in [0.2, 0.25) is 0 Å². The van der Waals surface area contributed by atoms with E-state index in [9.17, 15) is 9.59 Å². The van der Waals surface area contributed by atoms with Crippen LogP contribution in [0.3, 0.4) is 0 Å². The number of Topliss-reactive ketones (excluding diaryl/α,β-unsaturated/α-hetero) is 1. The van der Waals surface area contributed by atoms with Gasteiger partial charge in [0, 0.05) is 10.0 Å². The fraction of sp³-hybridized carbons (Fsp3) is 0.231. The summed E-state index contributed by atoms with van der Waals surface area (Å²) in [5.41, 5.74) is 0.904. The molecular weight excluding hydrogens is 300 g/mol. The topological polar surface area (TPSA) is 63.6 Å². The fourth-order valence-electron chi connectivity index (χ4n) is 1.24. The highest BCUT2D eigenvalue weighted by molar-refractivity contribution is 9.10. The van der Waals surface area contributed by atoms with Gasteiger partial charge >= 0.3 is 5.97 Å². The lowest BCUT2D eigenvalue weighted by molar-refractivity contribution is -0.144. The van der Waals surface area contributed by atoms with Crippen molar-refractivity contribution >= 4 is 27.7 Å². The van der Waals surface area contributed by atoms with E-state index < -0.39 is 12.1 Å². The van der Waals surface area contributed by atoms with Crippen LogP contribution in [0.4, 0.5) is 0 Å². The van der Waals surface area contributed by atoms with Crippen molar-refractivity contribution in [2.24, 2.45) is 0 Å². The maximum absolute atomic E-state index is 11.7. The zero-order valence-corrected chi connectivity index (χ0v) is 11.7. The standard InChI is InChI=1S/C13H13BrO4/c1-7(2)12(15)10-5-4-9(6-11(10)14)18-8(3)13(16)17/h4-6,8H,1H2,2-3H3,(H,16,17). The molecule has 1 unspecified atom stereocenters. The van der Waals surface area contributed by atoms with Gasteiger partial charge < -0.3 is 9.84 Å². The van der Waals surface area contributed by atoms with Gasteiger partial charge in [0.1, 0.15) is 5.75 Å². The minimum Gasteiger partial charge on any atom is -0.479 e. The second-order valence-electron chi connectivity index (χ2n) is 3.85. The third-order valence-electron chi connectivity index (χ3n) is 2.23. The molecule has 1 atom stereocenters. The quantitative estimate of drug-likeness (QED) is 0.670. The first-order valence-electron chi connectivity index (χ1n) is 5.22. The molecule has 0 bridgehead atoms. The van der Waals surface area contributed by atoms with E-state index >= 15 is 0 Å². The number of carbonyl (C=O) groups excluding carboxylic acids is 1. The highest BCUT2D eigenvalue weighted by atomic mass is 79.9. The molecule has 1 aromatic rings. The molecule has 0 aliphatic carbocycles. The number of carbonyl (C=O) groups is 2. The highest BCUT2D eigenvalue weighted by Gasteiger charge is 2.15. The van der Waals surface area contributed by atoms with Crippen LogP contribution in [0.25, 0.3) is 0 Å². The Kier molecular flexibility index (Phi) is 4.67. The molecule has 0 aliphatic rings. The smallest absolute Gasteiger partial charge is 0.344 e. The Morgan fingerprint density at radius 3 is 2.50 bits per heavy atom. The summed E-state index contributed by atoms with van der Waals surface area (Å²) in [6.07, 6.45) is -0.945. The normalized spacial score (nSPS) is 11.7. The average molecular weight is 313 g/mol. The molecule has 0 aromatic heterocycles. The Balaban J connectivity index is 2.96. The third kappa shape index (κ3) is 3.43. The number of rotatable bonds is 5. The summed E-state index contributed by atoms with van der Waals surface area (Å²) in [4.78, 5) is 22.4. The molecule has 1 N–H and O–H groups in total. The lowest BCUT2D eigenvalue weighted by atomic mass is 10.1. The number of allylic oxidation sites excluding steroid dienone is 1. The summed E-state index contributed by atoms with van der Waals surface area (Å²) in [6, 6.07) is 4.70. The van der Waals surface area contributed by atoms with E-state index in [1.165, 1.54) is 6.92 Å². The number of carboxylic acids is 1. The molecule has 4 nitrogen and oxygen atoms in total. The van der Waals surface area contributed by atoms with Gasteiger partial charge in [-0.25, -0.2) is 4.79 Å². The summed E-state index contributed by atoms with van der Waals surface area (Å²) < 4.78 is 5.74. The predicted molar refractivity (Wildman–Crippen MR) is 71.0 cm³/mol. The molecule has 96 valence electrons. The van der Waals surface area contributed by atoms with Crippen molar-refractivity contribution in [2.45, 2.75) is 20.0 Å². The Morgan fingerprint density at radius 1 is 1.44 bits per heavy atom. The van der Waals surface area contributed by atoms with Gasteiger partial charge in [-0.15, -0.1) is 0 Å². The first-order chi connectivity index (χ1) is 8.32. The van der Waals surface area contributed by atoms with Gasteiger partial charge in [0.05, 0.1) is 0 Å². The van der Waals surface area contributed by atoms with Gasteiger partial charge in [0.15, 0.2) is 11.9 Å². The number of hydrogen-bond acceptors (Lipinski definition) is 3. The highest BCUT2D eigenvalue weighted by Crippen LogP contribution is 2.25. The Labute approximate surface area is 113 Å². The molecule has 5 heteroatoms. The molecule has 0 saturated heterocycles. The predicted octanol–water partition coefficient (Wildman–Crippen LogP) is 3.06. The van der Waals surface area contributed by atoms with Crippen LogP contribution < -0.4 is 4.74 Å². The molecule has 0 aliphatic heterocycles. The number of ketones is 1. The van der Waals surface area contributed by atoms with Crippen LogP contribution in [-0.4, -0.2) is 23.0 Å². The maximum Gasteiger partial charge on any atom is 0.344 e. The molecule has 0 heterocycles. The van der Waals surface area contributed by atoms with Crippen molar-refractivity contribution in [3.05, 3.63) is 40.4 Å². The van der Waals surface area contributed by atoms with E-state index in [0.717, 1.165) is 0 Å². The third-order valence-corrected chi connectivity index (χ3v) is 2.89. The van der Waals surface area contributed by atoms with E-state index in [-0.39, 0.29) is 5.78 Å². The average Bonchev–Trinajstić information content (AvgIpc) is 2.28. The summed E-state index contributed by atoms with van der Waals surface area (Å²) in [7, 11) is 0. The van der Waals surface area contributed by atoms with Crippen molar-refractivity contribution in [1.29, 1.82) is 0 Å². The van der Waals surface area contributed by atoms with E-state index in [2.05, 4.69) is 22.5 Å². The summed E-state index contributed by atoms with van der Waals surface area (Å²) in [5, 5.41) is 8.73. The lowest BCUT2D eigenvalue weighted by Gasteiger charge is -2.11. The molecule has 0 radical (unpaired) electrons. The number of ether oxygens (including phenoxy) is 1. The molecule has 0 fully saturated rings.